The molecule has 1 amide bonds. The molecule has 0 aliphatic rings. The van der Waals surface area contributed by atoms with Crippen molar-refractivity contribution >= 4 is 23.2 Å². The first-order valence-corrected chi connectivity index (χ1v) is 7.58. The molecule has 0 fully saturated rings. The molecule has 1 aromatic carbocycles. The number of hydrogen-bond acceptors (Lipinski definition) is 3. The molecule has 1 N–H and O–H groups in total. The number of pyridine rings is 1. The number of rotatable bonds is 5. The van der Waals surface area contributed by atoms with Crippen molar-refractivity contribution in [2.75, 3.05) is 6.61 Å². The molecular formula is C17H16ClN3O2. The molecular weight excluding hydrogens is 314 g/mol. The summed E-state index contributed by atoms with van der Waals surface area (Å²) < 4.78 is 7.33. The highest BCUT2D eigenvalue weighted by molar-refractivity contribution is 6.32. The lowest BCUT2D eigenvalue weighted by Crippen LogP contribution is -2.28. The number of ether oxygens (including phenoxy) is 1. The lowest BCUT2D eigenvalue weighted by molar-refractivity contribution is -0.123. The molecule has 2 heterocycles. The minimum absolute atomic E-state index is 0.0871. The maximum atomic E-state index is 11.9. The number of nitrogens with one attached hydrogen (secondary N) is 1. The summed E-state index contributed by atoms with van der Waals surface area (Å²) in [6.07, 6.45) is 3.89. The lowest BCUT2D eigenvalue weighted by atomic mass is 10.3. The molecule has 0 saturated carbocycles. The van der Waals surface area contributed by atoms with Crippen molar-refractivity contribution < 1.29 is 9.53 Å². The molecule has 0 atom stereocenters. The molecule has 5 nitrogen and oxygen atoms in total. The second-order valence-corrected chi connectivity index (χ2v) is 5.61. The Balaban J connectivity index is 1.54. The second kappa shape index (κ2) is 6.71. The number of imidazole rings is 1. The summed E-state index contributed by atoms with van der Waals surface area (Å²) in [5.41, 5.74) is 2.80. The van der Waals surface area contributed by atoms with Crippen LogP contribution in [0.5, 0.6) is 5.75 Å². The largest absolute Gasteiger partial charge is 0.482 e. The fourth-order valence-electron chi connectivity index (χ4n) is 2.19. The number of halogens is 1. The van der Waals surface area contributed by atoms with Gasteiger partial charge in [-0.15, -0.1) is 0 Å². The van der Waals surface area contributed by atoms with Gasteiger partial charge in [-0.25, -0.2) is 4.98 Å². The number of carbonyl (C=O) groups is 1. The number of fused-ring (bicyclic) bond motifs is 1. The molecule has 2 aromatic heterocycles. The summed E-state index contributed by atoms with van der Waals surface area (Å²) in [6.45, 7) is 2.29. The highest BCUT2D eigenvalue weighted by Crippen LogP contribution is 2.22. The fraction of sp³-hybridized carbons (Fsp3) is 0.176. The first-order valence-electron chi connectivity index (χ1n) is 7.20. The molecule has 6 heteroatoms. The number of aryl methyl sites for hydroxylation is 1. The molecule has 0 aliphatic heterocycles. The van der Waals surface area contributed by atoms with Crippen molar-refractivity contribution in [2.24, 2.45) is 0 Å². The Kier molecular flexibility index (Phi) is 4.48. The molecule has 23 heavy (non-hydrogen) atoms. The van der Waals surface area contributed by atoms with Crippen LogP contribution in [0.4, 0.5) is 0 Å². The van der Waals surface area contributed by atoms with Gasteiger partial charge in [-0.1, -0.05) is 29.8 Å². The van der Waals surface area contributed by atoms with Gasteiger partial charge in [0, 0.05) is 12.4 Å². The van der Waals surface area contributed by atoms with Crippen LogP contribution < -0.4 is 10.1 Å². The SMILES string of the molecule is Cc1ccc2nc(CNC(=O)COc3ccccc3Cl)cn2c1. The molecule has 3 rings (SSSR count). The lowest BCUT2D eigenvalue weighted by Gasteiger charge is -2.07. The molecule has 118 valence electrons. The third-order valence-electron chi connectivity index (χ3n) is 3.31. The van der Waals surface area contributed by atoms with E-state index in [-0.39, 0.29) is 12.5 Å². The molecule has 0 aliphatic carbocycles. The standard InChI is InChI=1S/C17H16ClN3O2/c1-12-6-7-16-20-13(10-21(16)9-12)8-19-17(22)11-23-15-5-3-2-4-14(15)18/h2-7,9-10H,8,11H2,1H3,(H,19,22). The number of para-hydroxylation sites is 1. The van der Waals surface area contributed by atoms with Gasteiger partial charge in [-0.3, -0.25) is 4.79 Å². The molecule has 0 bridgehead atoms. The number of amides is 1. The van der Waals surface area contributed by atoms with Gasteiger partial charge in [-0.2, -0.15) is 0 Å². The average Bonchev–Trinajstić information content (AvgIpc) is 2.94. The van der Waals surface area contributed by atoms with E-state index in [4.69, 9.17) is 16.3 Å². The summed E-state index contributed by atoms with van der Waals surface area (Å²) in [5.74, 6) is 0.269. The van der Waals surface area contributed by atoms with Crippen molar-refractivity contribution in [3.05, 3.63) is 65.1 Å². The van der Waals surface area contributed by atoms with Crippen LogP contribution in [0.3, 0.4) is 0 Å². The highest BCUT2D eigenvalue weighted by Gasteiger charge is 2.07. The van der Waals surface area contributed by atoms with Crippen LogP contribution in [-0.2, 0) is 11.3 Å². The average molecular weight is 330 g/mol. The summed E-state index contributed by atoms with van der Waals surface area (Å²) >= 11 is 5.97. The zero-order valence-electron chi connectivity index (χ0n) is 12.6. The summed E-state index contributed by atoms with van der Waals surface area (Å²) in [4.78, 5) is 16.3. The molecule has 0 saturated heterocycles. The van der Waals surface area contributed by atoms with E-state index in [1.54, 1.807) is 24.3 Å². The Hall–Kier alpha value is -2.53. The quantitative estimate of drug-likeness (QED) is 0.783. The van der Waals surface area contributed by atoms with Crippen molar-refractivity contribution in [1.29, 1.82) is 0 Å². The van der Waals surface area contributed by atoms with E-state index >= 15 is 0 Å². The normalized spacial score (nSPS) is 10.7. The van der Waals surface area contributed by atoms with Crippen LogP contribution in [0.1, 0.15) is 11.3 Å². The summed E-state index contributed by atoms with van der Waals surface area (Å²) in [7, 11) is 0. The van der Waals surface area contributed by atoms with Gasteiger partial charge in [-0.05, 0) is 30.7 Å². The molecule has 0 spiro atoms. The van der Waals surface area contributed by atoms with Gasteiger partial charge in [0.05, 0.1) is 17.3 Å². The predicted molar refractivity (Wildman–Crippen MR) is 88.7 cm³/mol. The van der Waals surface area contributed by atoms with Crippen LogP contribution in [0, 0.1) is 6.92 Å². The van der Waals surface area contributed by atoms with Crippen LogP contribution in [0.15, 0.2) is 48.8 Å². The third kappa shape index (κ3) is 3.81. The van der Waals surface area contributed by atoms with E-state index in [2.05, 4.69) is 10.3 Å². The maximum absolute atomic E-state index is 11.9. The van der Waals surface area contributed by atoms with E-state index in [0.717, 1.165) is 16.9 Å². The highest BCUT2D eigenvalue weighted by atomic mass is 35.5. The molecule has 0 radical (unpaired) electrons. The smallest absolute Gasteiger partial charge is 0.258 e. The molecule has 0 unspecified atom stereocenters. The van der Waals surface area contributed by atoms with Gasteiger partial charge in [0.25, 0.3) is 5.91 Å². The van der Waals surface area contributed by atoms with Gasteiger partial charge < -0.3 is 14.5 Å². The first kappa shape index (κ1) is 15.4. The Bertz CT molecular complexity index is 845. The maximum Gasteiger partial charge on any atom is 0.258 e. The van der Waals surface area contributed by atoms with Crippen molar-refractivity contribution in [3.63, 3.8) is 0 Å². The van der Waals surface area contributed by atoms with Gasteiger partial charge in [0.15, 0.2) is 6.61 Å². The van der Waals surface area contributed by atoms with Crippen LogP contribution in [-0.4, -0.2) is 21.9 Å². The number of nitrogens with zero attached hydrogens (tertiary/aromatic N) is 2. The Morgan fingerprint density at radius 1 is 1.26 bits per heavy atom. The predicted octanol–water partition coefficient (Wildman–Crippen LogP) is 2.99. The minimum atomic E-state index is -0.224. The van der Waals surface area contributed by atoms with E-state index in [1.165, 1.54) is 0 Å². The van der Waals surface area contributed by atoms with E-state index in [0.29, 0.717) is 17.3 Å². The number of carbonyl (C=O) groups excluding carboxylic acids is 1. The summed E-state index contributed by atoms with van der Waals surface area (Å²) in [6, 6.07) is 11.0. The number of aromatic nitrogens is 2. The third-order valence-corrected chi connectivity index (χ3v) is 3.62. The van der Waals surface area contributed by atoms with Gasteiger partial charge in [0.2, 0.25) is 0 Å². The molecule has 3 aromatic rings. The Labute approximate surface area is 138 Å². The number of hydrogen-bond donors (Lipinski definition) is 1. The Morgan fingerprint density at radius 3 is 2.91 bits per heavy atom. The minimum Gasteiger partial charge on any atom is -0.482 e. The van der Waals surface area contributed by atoms with E-state index < -0.39 is 0 Å². The summed E-state index contributed by atoms with van der Waals surface area (Å²) in [5, 5.41) is 3.26. The van der Waals surface area contributed by atoms with Crippen LogP contribution in [0.2, 0.25) is 5.02 Å². The zero-order valence-corrected chi connectivity index (χ0v) is 13.4. The Morgan fingerprint density at radius 2 is 2.09 bits per heavy atom. The monoisotopic (exact) mass is 329 g/mol. The van der Waals surface area contributed by atoms with Crippen molar-refractivity contribution in [2.45, 2.75) is 13.5 Å². The van der Waals surface area contributed by atoms with E-state index in [9.17, 15) is 4.79 Å². The van der Waals surface area contributed by atoms with Gasteiger partial charge >= 0.3 is 0 Å². The van der Waals surface area contributed by atoms with Crippen LogP contribution >= 0.6 is 11.6 Å². The fourth-order valence-corrected chi connectivity index (χ4v) is 2.38. The van der Waals surface area contributed by atoms with Crippen LogP contribution in [0.25, 0.3) is 5.65 Å². The zero-order chi connectivity index (χ0) is 16.2. The topological polar surface area (TPSA) is 55.6 Å². The number of benzene rings is 1. The first-order chi connectivity index (χ1) is 11.1. The van der Waals surface area contributed by atoms with Crippen molar-refractivity contribution in [3.8, 4) is 5.75 Å². The van der Waals surface area contributed by atoms with E-state index in [1.807, 2.05) is 35.9 Å². The second-order valence-electron chi connectivity index (χ2n) is 5.20. The van der Waals surface area contributed by atoms with Crippen molar-refractivity contribution in [1.82, 2.24) is 14.7 Å². The van der Waals surface area contributed by atoms with Gasteiger partial charge in [0.1, 0.15) is 11.4 Å².